The van der Waals surface area contributed by atoms with Crippen molar-refractivity contribution in [2.45, 2.75) is 6.04 Å². The minimum absolute atomic E-state index is 0.209. The molecule has 0 amide bonds. The molecule has 0 radical (unpaired) electrons. The van der Waals surface area contributed by atoms with E-state index in [0.29, 0.717) is 5.88 Å². The summed E-state index contributed by atoms with van der Waals surface area (Å²) in [5.74, 6) is 0.345. The van der Waals surface area contributed by atoms with Gasteiger partial charge in [-0.3, -0.25) is 0 Å². The maximum atomic E-state index is 13.8. The summed E-state index contributed by atoms with van der Waals surface area (Å²) in [4.78, 5) is 4.17. The molecule has 1 N–H and O–H groups in total. The van der Waals surface area contributed by atoms with Gasteiger partial charge in [0, 0.05) is 11.8 Å². The van der Waals surface area contributed by atoms with Crippen LogP contribution in [0.1, 0.15) is 17.2 Å². The lowest BCUT2D eigenvalue weighted by Crippen LogP contribution is -2.19. The number of benzene rings is 1. The van der Waals surface area contributed by atoms with Gasteiger partial charge < -0.3 is 14.8 Å². The number of pyridine rings is 1. The highest BCUT2D eigenvalue weighted by Gasteiger charge is 2.18. The highest BCUT2D eigenvalue weighted by Crippen LogP contribution is 2.30. The van der Waals surface area contributed by atoms with Crippen LogP contribution in [0.2, 0.25) is 0 Å². The van der Waals surface area contributed by atoms with Gasteiger partial charge in [0.1, 0.15) is 0 Å². The fourth-order valence-corrected chi connectivity index (χ4v) is 2.16. The van der Waals surface area contributed by atoms with Crippen molar-refractivity contribution in [3.05, 3.63) is 53.5 Å². The second-order valence-electron chi connectivity index (χ2n) is 4.22. The van der Waals surface area contributed by atoms with E-state index in [1.807, 2.05) is 18.2 Å². The summed E-state index contributed by atoms with van der Waals surface area (Å²) in [6.45, 7) is 0. The van der Waals surface area contributed by atoms with Gasteiger partial charge in [-0.2, -0.15) is 0 Å². The molecule has 2 rings (SSSR count). The Bertz CT molecular complexity index is 590. The van der Waals surface area contributed by atoms with Crippen LogP contribution in [-0.2, 0) is 0 Å². The van der Waals surface area contributed by atoms with Crippen LogP contribution in [0.3, 0.4) is 0 Å². The Morgan fingerprint density at radius 1 is 1.20 bits per heavy atom. The molecule has 4 nitrogen and oxygen atoms in total. The fraction of sp³-hybridized carbons (Fsp3) is 0.267. The first-order valence-electron chi connectivity index (χ1n) is 6.20. The molecule has 20 heavy (non-hydrogen) atoms. The van der Waals surface area contributed by atoms with Crippen molar-refractivity contribution in [2.75, 3.05) is 21.3 Å². The lowest BCUT2D eigenvalue weighted by molar-refractivity contribution is 0.384. The molecular weight excluding hydrogens is 259 g/mol. The summed E-state index contributed by atoms with van der Waals surface area (Å²) in [5, 5.41) is 3.15. The van der Waals surface area contributed by atoms with E-state index in [1.165, 1.54) is 13.2 Å². The molecule has 1 unspecified atom stereocenters. The third kappa shape index (κ3) is 2.72. The van der Waals surface area contributed by atoms with Crippen LogP contribution in [0.5, 0.6) is 11.6 Å². The quantitative estimate of drug-likeness (QED) is 0.911. The first kappa shape index (κ1) is 14.3. The number of aromatic nitrogens is 1. The van der Waals surface area contributed by atoms with Crippen LogP contribution in [0.25, 0.3) is 0 Å². The molecule has 5 heteroatoms. The number of rotatable bonds is 5. The van der Waals surface area contributed by atoms with E-state index in [0.717, 1.165) is 11.1 Å². The van der Waals surface area contributed by atoms with Gasteiger partial charge in [-0.05, 0) is 30.8 Å². The molecule has 0 saturated heterocycles. The molecule has 2 aromatic rings. The van der Waals surface area contributed by atoms with Gasteiger partial charge in [0.05, 0.1) is 20.3 Å². The van der Waals surface area contributed by atoms with E-state index in [2.05, 4.69) is 10.3 Å². The smallest absolute Gasteiger partial charge is 0.218 e. The molecule has 106 valence electrons. The van der Waals surface area contributed by atoms with Crippen LogP contribution < -0.4 is 14.8 Å². The Balaban J connectivity index is 2.44. The largest absolute Gasteiger partial charge is 0.494 e. The number of hydrogen-bond donors (Lipinski definition) is 1. The molecule has 1 heterocycles. The maximum absolute atomic E-state index is 13.8. The second-order valence-corrected chi connectivity index (χ2v) is 4.22. The van der Waals surface area contributed by atoms with Crippen molar-refractivity contribution in [3.63, 3.8) is 0 Å². The molecule has 1 atom stereocenters. The topological polar surface area (TPSA) is 43.4 Å². The summed E-state index contributed by atoms with van der Waals surface area (Å²) in [6, 6.07) is 8.39. The van der Waals surface area contributed by atoms with Gasteiger partial charge in [0.25, 0.3) is 0 Å². The monoisotopic (exact) mass is 276 g/mol. The van der Waals surface area contributed by atoms with E-state index in [1.54, 1.807) is 26.4 Å². The fourth-order valence-electron chi connectivity index (χ4n) is 2.16. The first-order chi connectivity index (χ1) is 9.71. The Kier molecular flexibility index (Phi) is 4.53. The molecule has 0 aliphatic heterocycles. The minimum Gasteiger partial charge on any atom is -0.494 e. The van der Waals surface area contributed by atoms with Gasteiger partial charge in [0.2, 0.25) is 5.88 Å². The Morgan fingerprint density at radius 2 is 2.00 bits per heavy atom. The predicted molar refractivity (Wildman–Crippen MR) is 74.6 cm³/mol. The average molecular weight is 276 g/mol. The number of halogens is 1. The van der Waals surface area contributed by atoms with Crippen LogP contribution >= 0.6 is 0 Å². The SMILES string of the molecule is CNC(c1ccc(OC)c(F)c1)c1cccnc1OC. The lowest BCUT2D eigenvalue weighted by Gasteiger charge is -2.19. The van der Waals surface area contributed by atoms with Crippen LogP contribution in [0.4, 0.5) is 4.39 Å². The lowest BCUT2D eigenvalue weighted by atomic mass is 9.99. The highest BCUT2D eigenvalue weighted by atomic mass is 19.1. The standard InChI is InChI=1S/C15H17FN2O2/c1-17-14(11-5-4-8-18-15(11)20-3)10-6-7-13(19-2)12(16)9-10/h4-9,14,17H,1-3H3. The van der Waals surface area contributed by atoms with E-state index >= 15 is 0 Å². The van der Waals surface area contributed by atoms with Gasteiger partial charge in [-0.25, -0.2) is 9.37 Å². The Hall–Kier alpha value is -2.14. The van der Waals surface area contributed by atoms with Crippen LogP contribution in [0.15, 0.2) is 36.5 Å². The number of nitrogens with zero attached hydrogens (tertiary/aromatic N) is 1. The van der Waals surface area contributed by atoms with Crippen molar-refractivity contribution in [3.8, 4) is 11.6 Å². The zero-order chi connectivity index (χ0) is 14.5. The molecule has 0 spiro atoms. The van der Waals surface area contributed by atoms with E-state index in [9.17, 15) is 4.39 Å². The van der Waals surface area contributed by atoms with Crippen molar-refractivity contribution in [1.82, 2.24) is 10.3 Å². The van der Waals surface area contributed by atoms with Crippen molar-refractivity contribution in [2.24, 2.45) is 0 Å². The summed E-state index contributed by atoms with van der Waals surface area (Å²) in [5.41, 5.74) is 1.62. The van der Waals surface area contributed by atoms with E-state index in [-0.39, 0.29) is 11.8 Å². The minimum atomic E-state index is -0.395. The van der Waals surface area contributed by atoms with Crippen LogP contribution in [0, 0.1) is 5.82 Å². The zero-order valence-corrected chi connectivity index (χ0v) is 11.7. The third-order valence-electron chi connectivity index (χ3n) is 3.10. The molecule has 1 aromatic carbocycles. The molecule has 0 bridgehead atoms. The van der Waals surface area contributed by atoms with E-state index < -0.39 is 5.82 Å². The molecule has 1 aromatic heterocycles. The number of ether oxygens (including phenoxy) is 2. The highest BCUT2D eigenvalue weighted by molar-refractivity contribution is 5.40. The Labute approximate surface area is 117 Å². The molecule has 0 aliphatic rings. The summed E-state index contributed by atoms with van der Waals surface area (Å²) in [6.07, 6.45) is 1.66. The zero-order valence-electron chi connectivity index (χ0n) is 11.7. The van der Waals surface area contributed by atoms with Gasteiger partial charge in [0.15, 0.2) is 11.6 Å². The van der Waals surface area contributed by atoms with Gasteiger partial charge in [-0.1, -0.05) is 12.1 Å². The van der Waals surface area contributed by atoms with Crippen molar-refractivity contribution >= 4 is 0 Å². The molecule has 0 fully saturated rings. The maximum Gasteiger partial charge on any atom is 0.218 e. The molecule has 0 aliphatic carbocycles. The molecular formula is C15H17FN2O2. The Morgan fingerprint density at radius 3 is 2.60 bits per heavy atom. The van der Waals surface area contributed by atoms with Crippen LogP contribution in [-0.4, -0.2) is 26.3 Å². The average Bonchev–Trinajstić information content (AvgIpc) is 2.49. The van der Waals surface area contributed by atoms with E-state index in [4.69, 9.17) is 9.47 Å². The van der Waals surface area contributed by atoms with Gasteiger partial charge >= 0.3 is 0 Å². The second kappa shape index (κ2) is 6.34. The predicted octanol–water partition coefficient (Wildman–Crippen LogP) is 2.55. The summed E-state index contributed by atoms with van der Waals surface area (Å²) >= 11 is 0. The normalized spacial score (nSPS) is 12.0. The van der Waals surface area contributed by atoms with Gasteiger partial charge in [-0.15, -0.1) is 0 Å². The van der Waals surface area contributed by atoms with Crippen molar-refractivity contribution < 1.29 is 13.9 Å². The summed E-state index contributed by atoms with van der Waals surface area (Å²) < 4.78 is 24.0. The number of hydrogen-bond acceptors (Lipinski definition) is 4. The first-order valence-corrected chi connectivity index (χ1v) is 6.20. The summed E-state index contributed by atoms with van der Waals surface area (Å²) in [7, 11) is 4.81. The number of nitrogens with one attached hydrogen (secondary N) is 1. The number of methoxy groups -OCH3 is 2. The third-order valence-corrected chi connectivity index (χ3v) is 3.10. The van der Waals surface area contributed by atoms with Crippen molar-refractivity contribution in [1.29, 1.82) is 0 Å². The molecule has 0 saturated carbocycles.